The van der Waals surface area contributed by atoms with Crippen LogP contribution in [-0.4, -0.2) is 19.5 Å². The van der Waals surface area contributed by atoms with Crippen molar-refractivity contribution in [2.75, 3.05) is 0 Å². The van der Waals surface area contributed by atoms with Gasteiger partial charge < -0.3 is 9.55 Å². The lowest BCUT2D eigenvalue weighted by Gasteiger charge is -2.04. The summed E-state index contributed by atoms with van der Waals surface area (Å²) in [5.74, 6) is 1.08. The Bertz CT molecular complexity index is 643. The van der Waals surface area contributed by atoms with Crippen LogP contribution in [0.4, 0.5) is 0 Å². The number of halogens is 1. The summed E-state index contributed by atoms with van der Waals surface area (Å²) in [4.78, 5) is 23.2. The van der Waals surface area contributed by atoms with Gasteiger partial charge in [0.1, 0.15) is 5.15 Å². The third-order valence-corrected chi connectivity index (χ3v) is 3.44. The molecule has 6 heteroatoms. The molecule has 17 heavy (non-hydrogen) atoms. The van der Waals surface area contributed by atoms with E-state index in [4.69, 9.17) is 11.6 Å². The maximum atomic E-state index is 11.9. The Hall–Kier alpha value is -1.62. The predicted octanol–water partition coefficient (Wildman–Crippen LogP) is 1.31. The highest BCUT2D eigenvalue weighted by Gasteiger charge is 2.19. The molecule has 3 rings (SSSR count). The Morgan fingerprint density at radius 2 is 2.29 bits per heavy atom. The van der Waals surface area contributed by atoms with E-state index in [1.807, 2.05) is 0 Å². The zero-order valence-electron chi connectivity index (χ0n) is 9.33. The van der Waals surface area contributed by atoms with Crippen LogP contribution in [0.3, 0.4) is 0 Å². The fourth-order valence-corrected chi connectivity index (χ4v) is 2.29. The Morgan fingerprint density at radius 3 is 3.00 bits per heavy atom. The Labute approximate surface area is 102 Å². The van der Waals surface area contributed by atoms with Gasteiger partial charge in [-0.2, -0.15) is 0 Å². The van der Waals surface area contributed by atoms with Crippen LogP contribution >= 0.6 is 11.6 Å². The first kappa shape index (κ1) is 10.5. The quantitative estimate of drug-likeness (QED) is 0.830. The third kappa shape index (κ3) is 1.58. The van der Waals surface area contributed by atoms with Crippen molar-refractivity contribution in [3.63, 3.8) is 0 Å². The maximum Gasteiger partial charge on any atom is 0.254 e. The summed E-state index contributed by atoms with van der Waals surface area (Å²) in [5, 5.41) is 0.517. The van der Waals surface area contributed by atoms with Crippen molar-refractivity contribution in [1.29, 1.82) is 0 Å². The Kier molecular flexibility index (Phi) is 2.29. The van der Waals surface area contributed by atoms with Crippen LogP contribution in [-0.2, 0) is 19.9 Å². The molecule has 0 saturated carbocycles. The van der Waals surface area contributed by atoms with Crippen molar-refractivity contribution in [2.24, 2.45) is 7.05 Å². The number of fused-ring (bicyclic) bond motifs is 1. The minimum Gasteiger partial charge on any atom is -0.316 e. The number of rotatable bonds is 1. The molecule has 0 spiro atoms. The molecule has 88 valence electrons. The summed E-state index contributed by atoms with van der Waals surface area (Å²) in [7, 11) is 1.79. The predicted molar refractivity (Wildman–Crippen MR) is 64.1 cm³/mol. The van der Waals surface area contributed by atoms with E-state index in [0.29, 0.717) is 16.8 Å². The highest BCUT2D eigenvalue weighted by atomic mass is 35.5. The Morgan fingerprint density at radius 1 is 1.47 bits per heavy atom. The number of H-pyrrole nitrogens is 1. The summed E-state index contributed by atoms with van der Waals surface area (Å²) in [6.07, 6.45) is 4.23. The number of hydrogen-bond acceptors (Lipinski definition) is 3. The van der Waals surface area contributed by atoms with Crippen LogP contribution in [0.5, 0.6) is 0 Å². The lowest BCUT2D eigenvalue weighted by atomic mass is 10.2. The number of imidazole rings is 1. The van der Waals surface area contributed by atoms with E-state index in [0.717, 1.165) is 30.5 Å². The second kappa shape index (κ2) is 3.70. The molecule has 0 atom stereocenters. The van der Waals surface area contributed by atoms with E-state index in [2.05, 4.69) is 15.0 Å². The van der Waals surface area contributed by atoms with Crippen LogP contribution in [0.25, 0.3) is 11.6 Å². The Balaban J connectivity index is 2.20. The normalized spacial score (nSPS) is 14.0. The first-order valence-corrected chi connectivity index (χ1v) is 5.84. The zero-order chi connectivity index (χ0) is 12.0. The molecule has 1 aliphatic carbocycles. The lowest BCUT2D eigenvalue weighted by molar-refractivity contribution is 0.887. The molecule has 5 nitrogen and oxygen atoms in total. The minimum atomic E-state index is -0.0541. The molecule has 2 aromatic heterocycles. The molecule has 2 aromatic rings. The van der Waals surface area contributed by atoms with Crippen LogP contribution in [0.15, 0.2) is 11.0 Å². The van der Waals surface area contributed by atoms with Gasteiger partial charge in [0.15, 0.2) is 11.6 Å². The molecule has 0 bridgehead atoms. The van der Waals surface area contributed by atoms with Crippen molar-refractivity contribution in [2.45, 2.75) is 19.3 Å². The first-order chi connectivity index (χ1) is 8.16. The van der Waals surface area contributed by atoms with Crippen LogP contribution in [0.1, 0.15) is 17.7 Å². The molecule has 1 aliphatic rings. The van der Waals surface area contributed by atoms with Crippen molar-refractivity contribution >= 4 is 11.6 Å². The molecule has 0 radical (unpaired) electrons. The fraction of sp³-hybridized carbons (Fsp3) is 0.364. The summed E-state index contributed by atoms with van der Waals surface area (Å²) in [5.41, 5.74) is 1.65. The van der Waals surface area contributed by atoms with Gasteiger partial charge in [0.05, 0.1) is 11.9 Å². The average Bonchev–Trinajstić information content (AvgIpc) is 2.88. The second-order valence-electron chi connectivity index (χ2n) is 4.16. The number of aromatic nitrogens is 4. The van der Waals surface area contributed by atoms with Crippen LogP contribution in [0.2, 0.25) is 5.15 Å². The van der Waals surface area contributed by atoms with Crippen LogP contribution in [0, 0.1) is 0 Å². The number of aromatic amines is 1. The van der Waals surface area contributed by atoms with Gasteiger partial charge in [-0.3, -0.25) is 4.79 Å². The van der Waals surface area contributed by atoms with Gasteiger partial charge in [0.25, 0.3) is 5.56 Å². The number of nitrogens with zero attached hydrogens (tertiary/aromatic N) is 3. The second-order valence-corrected chi connectivity index (χ2v) is 4.54. The van der Waals surface area contributed by atoms with E-state index in [1.165, 1.54) is 0 Å². The number of aryl methyl sites for hydroxylation is 1. The zero-order valence-corrected chi connectivity index (χ0v) is 10.1. The molecule has 0 fully saturated rings. The topological polar surface area (TPSA) is 63.6 Å². The smallest absolute Gasteiger partial charge is 0.254 e. The molecule has 0 amide bonds. The molecule has 1 N–H and O–H groups in total. The fourth-order valence-electron chi connectivity index (χ4n) is 2.16. The first-order valence-electron chi connectivity index (χ1n) is 5.46. The van der Waals surface area contributed by atoms with Crippen molar-refractivity contribution < 1.29 is 0 Å². The van der Waals surface area contributed by atoms with Crippen molar-refractivity contribution in [1.82, 2.24) is 19.5 Å². The summed E-state index contributed by atoms with van der Waals surface area (Å²) >= 11 is 5.92. The molecular weight excluding hydrogens is 240 g/mol. The van der Waals surface area contributed by atoms with E-state index in [-0.39, 0.29) is 5.56 Å². The summed E-state index contributed by atoms with van der Waals surface area (Å²) < 4.78 is 1.70. The van der Waals surface area contributed by atoms with E-state index >= 15 is 0 Å². The molecule has 0 saturated heterocycles. The largest absolute Gasteiger partial charge is 0.316 e. The minimum absolute atomic E-state index is 0.0541. The molecule has 0 aromatic carbocycles. The molecule has 2 heterocycles. The summed E-state index contributed by atoms with van der Waals surface area (Å²) in [6.45, 7) is 0. The third-order valence-electron chi connectivity index (χ3n) is 3.08. The SMILES string of the molecule is Cn1c(Cl)cnc1-c1nc2c(c(=O)[nH]1)CCC2. The maximum absolute atomic E-state index is 11.9. The van der Waals surface area contributed by atoms with Crippen molar-refractivity contribution in [3.8, 4) is 11.6 Å². The highest BCUT2D eigenvalue weighted by Crippen LogP contribution is 2.21. The monoisotopic (exact) mass is 250 g/mol. The molecule has 0 aliphatic heterocycles. The molecular formula is C11H11ClN4O. The standard InChI is InChI=1S/C11H11ClN4O/c1-16-8(12)5-13-10(16)9-14-7-4-2-3-6(7)11(17)15-9/h5H,2-4H2,1H3,(H,14,15,17). The van der Waals surface area contributed by atoms with E-state index in [1.54, 1.807) is 17.8 Å². The van der Waals surface area contributed by atoms with E-state index < -0.39 is 0 Å². The van der Waals surface area contributed by atoms with Gasteiger partial charge in [-0.15, -0.1) is 0 Å². The van der Waals surface area contributed by atoms with Gasteiger partial charge in [-0.25, -0.2) is 9.97 Å². The van der Waals surface area contributed by atoms with E-state index in [9.17, 15) is 4.79 Å². The van der Waals surface area contributed by atoms with Gasteiger partial charge in [0, 0.05) is 12.6 Å². The number of nitrogens with one attached hydrogen (secondary N) is 1. The highest BCUT2D eigenvalue weighted by molar-refractivity contribution is 6.29. The van der Waals surface area contributed by atoms with Gasteiger partial charge in [-0.1, -0.05) is 11.6 Å². The average molecular weight is 251 g/mol. The van der Waals surface area contributed by atoms with Gasteiger partial charge >= 0.3 is 0 Å². The van der Waals surface area contributed by atoms with Crippen molar-refractivity contribution in [3.05, 3.63) is 33.0 Å². The van der Waals surface area contributed by atoms with Gasteiger partial charge in [-0.05, 0) is 19.3 Å². The summed E-state index contributed by atoms with van der Waals surface area (Å²) in [6, 6.07) is 0. The lowest BCUT2D eigenvalue weighted by Crippen LogP contribution is -2.16. The van der Waals surface area contributed by atoms with Crippen LogP contribution < -0.4 is 5.56 Å². The van der Waals surface area contributed by atoms with Gasteiger partial charge in [0.2, 0.25) is 0 Å². The molecule has 0 unspecified atom stereocenters. The number of hydrogen-bond donors (Lipinski definition) is 1.